The molecule has 0 unspecified atom stereocenters. The van der Waals surface area contributed by atoms with Crippen molar-refractivity contribution in [2.45, 2.75) is 38.1 Å². The molecular formula is C24H22N4O5. The van der Waals surface area contributed by atoms with E-state index in [1.807, 2.05) is 6.07 Å². The topological polar surface area (TPSA) is 115 Å². The fraction of sp³-hybridized carbons (Fsp3) is 0.292. The van der Waals surface area contributed by atoms with Gasteiger partial charge in [0.25, 0.3) is 17.7 Å². The molecule has 1 saturated carbocycles. The smallest absolute Gasteiger partial charge is 0.338 e. The minimum atomic E-state index is -0.943. The van der Waals surface area contributed by atoms with Gasteiger partial charge in [-0.15, -0.1) is 0 Å². The van der Waals surface area contributed by atoms with Gasteiger partial charge in [0.1, 0.15) is 5.54 Å². The van der Waals surface area contributed by atoms with Crippen LogP contribution < -0.4 is 10.2 Å². The van der Waals surface area contributed by atoms with Gasteiger partial charge in [0.2, 0.25) is 0 Å². The molecule has 9 heteroatoms. The Morgan fingerprint density at radius 1 is 1.12 bits per heavy atom. The third-order valence-electron chi connectivity index (χ3n) is 6.15. The van der Waals surface area contributed by atoms with Gasteiger partial charge in [0.15, 0.2) is 12.4 Å². The molecule has 0 radical (unpaired) electrons. The van der Waals surface area contributed by atoms with Gasteiger partial charge in [0, 0.05) is 5.56 Å². The zero-order chi connectivity index (χ0) is 23.0. The van der Waals surface area contributed by atoms with Crippen molar-refractivity contribution in [2.75, 3.05) is 16.8 Å². The fourth-order valence-electron chi connectivity index (χ4n) is 4.57. The molecule has 1 aromatic heterocycles. The molecule has 168 valence electrons. The molecule has 5 rings (SSSR count). The lowest BCUT2D eigenvalue weighted by Crippen LogP contribution is -2.61. The largest absolute Gasteiger partial charge is 0.452 e. The molecule has 0 bridgehead atoms. The van der Waals surface area contributed by atoms with E-state index in [1.54, 1.807) is 49.4 Å². The van der Waals surface area contributed by atoms with Gasteiger partial charge in [-0.3, -0.25) is 14.5 Å². The molecule has 1 fully saturated rings. The second kappa shape index (κ2) is 8.16. The fourth-order valence-corrected chi connectivity index (χ4v) is 4.57. The van der Waals surface area contributed by atoms with E-state index in [0.29, 0.717) is 41.5 Å². The van der Waals surface area contributed by atoms with E-state index >= 15 is 0 Å². The number of fused-ring (bicyclic) bond motifs is 1. The first kappa shape index (κ1) is 20.9. The van der Waals surface area contributed by atoms with Gasteiger partial charge >= 0.3 is 5.97 Å². The number of aromatic nitrogens is 2. The Bertz CT molecular complexity index is 1230. The Morgan fingerprint density at radius 2 is 1.85 bits per heavy atom. The summed E-state index contributed by atoms with van der Waals surface area (Å²) in [5.41, 5.74) is 1.21. The van der Waals surface area contributed by atoms with Crippen LogP contribution in [0.5, 0.6) is 0 Å². The quantitative estimate of drug-likeness (QED) is 0.610. The number of hydrogen-bond donors (Lipinski definition) is 1. The van der Waals surface area contributed by atoms with Crippen LogP contribution in [0.4, 0.5) is 11.4 Å². The highest BCUT2D eigenvalue weighted by molar-refractivity contribution is 6.15. The van der Waals surface area contributed by atoms with Crippen LogP contribution in [0.3, 0.4) is 0 Å². The van der Waals surface area contributed by atoms with Crippen LogP contribution in [0.2, 0.25) is 0 Å². The van der Waals surface area contributed by atoms with Crippen LogP contribution in [0, 0.1) is 6.92 Å². The zero-order valence-corrected chi connectivity index (χ0v) is 18.0. The van der Waals surface area contributed by atoms with Crippen molar-refractivity contribution in [3.05, 3.63) is 59.9 Å². The number of nitrogens with zero attached hydrogens (tertiary/aromatic N) is 3. The molecule has 2 heterocycles. The molecule has 0 saturated heterocycles. The zero-order valence-electron chi connectivity index (χ0n) is 18.0. The summed E-state index contributed by atoms with van der Waals surface area (Å²) >= 11 is 0. The molecule has 2 aromatic carbocycles. The lowest BCUT2D eigenvalue weighted by atomic mass is 9.90. The lowest BCUT2D eigenvalue weighted by Gasteiger charge is -2.44. The molecular weight excluding hydrogens is 424 g/mol. The average molecular weight is 446 g/mol. The first-order valence-corrected chi connectivity index (χ1v) is 10.8. The van der Waals surface area contributed by atoms with Crippen molar-refractivity contribution in [2.24, 2.45) is 0 Å². The third-order valence-corrected chi connectivity index (χ3v) is 6.15. The van der Waals surface area contributed by atoms with Crippen molar-refractivity contribution in [1.29, 1.82) is 0 Å². The first-order chi connectivity index (χ1) is 16.0. The summed E-state index contributed by atoms with van der Waals surface area (Å²) in [4.78, 5) is 44.5. The van der Waals surface area contributed by atoms with Gasteiger partial charge in [0.05, 0.1) is 16.9 Å². The first-order valence-electron chi connectivity index (χ1n) is 10.8. The number of hydrogen-bond acceptors (Lipinski definition) is 7. The standard InChI is InChI=1S/C24H22N4O5/c1-15-25-21(33-27-15)16-8-10-17(11-9-16)22(30)32-14-20(29)28-19-7-3-2-6-18(19)26-23(31)24(28)12-4-5-13-24/h2-3,6-11H,4-5,12-14H2,1H3,(H,26,31). The summed E-state index contributed by atoms with van der Waals surface area (Å²) in [5.74, 6) is -0.381. The molecule has 1 aliphatic heterocycles. The molecule has 2 amide bonds. The Morgan fingerprint density at radius 3 is 2.55 bits per heavy atom. The predicted octanol–water partition coefficient (Wildman–Crippen LogP) is 3.50. The van der Waals surface area contributed by atoms with Gasteiger partial charge in [-0.2, -0.15) is 4.98 Å². The van der Waals surface area contributed by atoms with E-state index in [9.17, 15) is 14.4 Å². The van der Waals surface area contributed by atoms with E-state index in [1.165, 1.54) is 4.90 Å². The van der Waals surface area contributed by atoms with Gasteiger partial charge < -0.3 is 14.6 Å². The molecule has 2 aliphatic rings. The summed E-state index contributed by atoms with van der Waals surface area (Å²) in [5, 5.41) is 6.68. The van der Waals surface area contributed by atoms with E-state index < -0.39 is 24.0 Å². The minimum absolute atomic E-state index is 0.190. The highest BCUT2D eigenvalue weighted by Gasteiger charge is 2.52. The number of carbonyl (C=O) groups is 3. The minimum Gasteiger partial charge on any atom is -0.452 e. The van der Waals surface area contributed by atoms with E-state index in [0.717, 1.165) is 12.8 Å². The summed E-state index contributed by atoms with van der Waals surface area (Å²) in [6.07, 6.45) is 2.85. The van der Waals surface area contributed by atoms with Crippen molar-refractivity contribution in [1.82, 2.24) is 10.1 Å². The van der Waals surface area contributed by atoms with Crippen LogP contribution in [0.1, 0.15) is 41.9 Å². The molecule has 33 heavy (non-hydrogen) atoms. The van der Waals surface area contributed by atoms with Crippen LogP contribution >= 0.6 is 0 Å². The number of aryl methyl sites for hydroxylation is 1. The molecule has 3 aromatic rings. The van der Waals surface area contributed by atoms with E-state index in [2.05, 4.69) is 15.5 Å². The number of anilines is 2. The van der Waals surface area contributed by atoms with Crippen LogP contribution in [0.15, 0.2) is 53.1 Å². The summed E-state index contributed by atoms with van der Waals surface area (Å²) in [6.45, 7) is 1.25. The van der Waals surface area contributed by atoms with Crippen LogP contribution in [0.25, 0.3) is 11.5 Å². The van der Waals surface area contributed by atoms with Crippen molar-refractivity contribution in [3.8, 4) is 11.5 Å². The number of amides is 2. The van der Waals surface area contributed by atoms with E-state index in [-0.39, 0.29) is 11.5 Å². The SMILES string of the molecule is Cc1noc(-c2ccc(C(=O)OCC(=O)N3c4ccccc4NC(=O)C34CCCC4)cc2)n1. The van der Waals surface area contributed by atoms with Gasteiger partial charge in [-0.05, 0) is 56.2 Å². The van der Waals surface area contributed by atoms with Crippen molar-refractivity contribution < 1.29 is 23.6 Å². The van der Waals surface area contributed by atoms with Gasteiger partial charge in [-0.25, -0.2) is 4.79 Å². The number of ether oxygens (including phenoxy) is 1. The number of nitrogens with one attached hydrogen (secondary N) is 1. The average Bonchev–Trinajstić information content (AvgIpc) is 3.48. The number of benzene rings is 2. The summed E-state index contributed by atoms with van der Waals surface area (Å²) < 4.78 is 10.5. The Kier molecular flexibility index (Phi) is 5.16. The monoisotopic (exact) mass is 446 g/mol. The Balaban J connectivity index is 1.32. The summed E-state index contributed by atoms with van der Waals surface area (Å²) in [6, 6.07) is 13.7. The molecule has 9 nitrogen and oxygen atoms in total. The molecule has 1 spiro atoms. The number of carbonyl (C=O) groups excluding carboxylic acids is 3. The molecule has 1 N–H and O–H groups in total. The maximum atomic E-state index is 13.3. The number of esters is 1. The van der Waals surface area contributed by atoms with E-state index in [4.69, 9.17) is 9.26 Å². The third kappa shape index (κ3) is 3.65. The second-order valence-corrected chi connectivity index (χ2v) is 8.24. The molecule has 0 atom stereocenters. The van der Waals surface area contributed by atoms with Crippen molar-refractivity contribution in [3.63, 3.8) is 0 Å². The predicted molar refractivity (Wildman–Crippen MR) is 119 cm³/mol. The highest BCUT2D eigenvalue weighted by atomic mass is 16.5. The summed E-state index contributed by atoms with van der Waals surface area (Å²) in [7, 11) is 0. The normalized spacial score (nSPS) is 16.4. The maximum absolute atomic E-state index is 13.3. The highest BCUT2D eigenvalue weighted by Crippen LogP contribution is 2.45. The molecule has 1 aliphatic carbocycles. The van der Waals surface area contributed by atoms with Crippen molar-refractivity contribution >= 4 is 29.2 Å². The Hall–Kier alpha value is -4.01. The van der Waals surface area contributed by atoms with Crippen LogP contribution in [-0.4, -0.2) is 40.1 Å². The number of para-hydroxylation sites is 2. The number of rotatable bonds is 4. The lowest BCUT2D eigenvalue weighted by molar-refractivity contribution is -0.129. The Labute approximate surface area is 189 Å². The van der Waals surface area contributed by atoms with Gasteiger partial charge in [-0.1, -0.05) is 30.1 Å². The maximum Gasteiger partial charge on any atom is 0.338 e. The second-order valence-electron chi connectivity index (χ2n) is 8.24. The van der Waals surface area contributed by atoms with Crippen LogP contribution in [-0.2, 0) is 14.3 Å².